The summed E-state index contributed by atoms with van der Waals surface area (Å²) in [5, 5.41) is 22.0. The van der Waals surface area contributed by atoms with Gasteiger partial charge in [0.25, 0.3) is 0 Å². The van der Waals surface area contributed by atoms with Crippen molar-refractivity contribution in [3.8, 4) is 0 Å². The van der Waals surface area contributed by atoms with Crippen LogP contribution in [0.2, 0.25) is 0 Å². The van der Waals surface area contributed by atoms with Crippen LogP contribution in [0.4, 0.5) is 4.39 Å². The van der Waals surface area contributed by atoms with Crippen LogP contribution in [0.3, 0.4) is 0 Å². The highest BCUT2D eigenvalue weighted by Gasteiger charge is 2.74. The standard InChI is InChI=1S/C46H52FNO11/c1-26(49)55-34(29-16-18-32(47)19-17-29)21-20-33-39(45(24-37(50)51)35-22-10-27-6-12-30(13-7-27)40(45)58-43(2,3)56-35)48(42(33)54)46(25-38(52)53)36-23-11-28-8-14-31(15-9-28)41(46)59-44(4,5)57-36/h6-9,12-19,33-36,39-41H,10-11,20-25H2,1-5H3,(H,50,51)(H,52,53)/t33-,34+,35?,36?,39+,40?,41?,45?,46?/m1/s1. The summed E-state index contributed by atoms with van der Waals surface area (Å²) >= 11 is 0. The molecule has 4 aliphatic carbocycles. The molecule has 2 N–H and O–H groups in total. The molecular weight excluding hydrogens is 762 g/mol. The molecule has 9 atom stereocenters. The average molecular weight is 814 g/mol. The lowest BCUT2D eigenvalue weighted by atomic mass is 9.55. The van der Waals surface area contributed by atoms with Crippen LogP contribution in [0.1, 0.15) is 119 Å². The first-order valence-corrected chi connectivity index (χ1v) is 20.5. The van der Waals surface area contributed by atoms with E-state index in [1.807, 2.05) is 48.5 Å². The Kier molecular flexibility index (Phi) is 10.5. The highest BCUT2D eigenvalue weighted by Crippen LogP contribution is 2.64. The van der Waals surface area contributed by atoms with Gasteiger partial charge in [-0.05, 0) is 106 Å². The molecule has 3 aromatic rings. The second-order valence-electron chi connectivity index (χ2n) is 17.8. The molecule has 3 saturated heterocycles. The summed E-state index contributed by atoms with van der Waals surface area (Å²) in [5.41, 5.74) is 0.745. The van der Waals surface area contributed by atoms with Gasteiger partial charge in [0, 0.05) is 6.92 Å². The van der Waals surface area contributed by atoms with Crippen LogP contribution in [0.15, 0.2) is 72.8 Å². The molecule has 13 heteroatoms. The van der Waals surface area contributed by atoms with E-state index in [9.17, 15) is 29.0 Å². The van der Waals surface area contributed by atoms with Crippen molar-refractivity contribution in [1.82, 2.24) is 4.90 Å². The molecular formula is C46H52FNO11. The van der Waals surface area contributed by atoms with E-state index in [-0.39, 0.29) is 12.8 Å². The Morgan fingerprint density at radius 1 is 0.763 bits per heavy atom. The Labute approximate surface area is 342 Å². The van der Waals surface area contributed by atoms with Crippen molar-refractivity contribution < 1.29 is 57.5 Å². The van der Waals surface area contributed by atoms with Crippen molar-refractivity contribution in [2.45, 2.75) is 140 Å². The van der Waals surface area contributed by atoms with Gasteiger partial charge in [0.1, 0.15) is 23.6 Å². The number of carboxylic acid groups (broad SMARTS) is 2. The largest absolute Gasteiger partial charge is 0.481 e. The first-order chi connectivity index (χ1) is 27.9. The number of amides is 1. The minimum absolute atomic E-state index is 0.0951. The maximum atomic E-state index is 15.6. The number of ether oxygens (including phenoxy) is 5. The molecule has 1 amide bonds. The number of carbonyl (C=O) groups is 4. The van der Waals surface area contributed by atoms with Crippen molar-refractivity contribution in [1.29, 1.82) is 0 Å². The van der Waals surface area contributed by atoms with Gasteiger partial charge in [-0.1, -0.05) is 60.7 Å². The lowest BCUT2D eigenvalue weighted by Crippen LogP contribution is -2.82. The molecule has 0 aromatic heterocycles. The minimum atomic E-state index is -1.67. The Morgan fingerprint density at radius 3 is 1.85 bits per heavy atom. The van der Waals surface area contributed by atoms with Gasteiger partial charge in [0.05, 0.1) is 48.5 Å². The SMILES string of the molecule is CC(=O)O[C@@H](CC[C@H]1C(=O)N(C2(CC(=O)O)C3CCc4ccc(cc4)C2OC(C)(C)O3)[C@@H]1C1(CC(=O)O)C2CCc3ccc(cc3)C1OC(C)(C)O2)c1ccc(F)cc1. The molecule has 8 bridgehead atoms. The summed E-state index contributed by atoms with van der Waals surface area (Å²) in [6.45, 7) is 8.40. The number of aryl methyl sites for hydroxylation is 2. The maximum Gasteiger partial charge on any atom is 0.305 e. The molecule has 314 valence electrons. The Balaban J connectivity index is 1.35. The molecule has 0 radical (unpaired) electrons. The maximum absolute atomic E-state index is 15.6. The molecule has 3 heterocycles. The van der Waals surface area contributed by atoms with Crippen LogP contribution in [-0.2, 0) is 55.7 Å². The summed E-state index contributed by atoms with van der Waals surface area (Å²) in [6.07, 6.45) is -3.54. The summed E-state index contributed by atoms with van der Waals surface area (Å²) < 4.78 is 47.1. The second-order valence-corrected chi connectivity index (χ2v) is 17.8. The monoisotopic (exact) mass is 813 g/mol. The van der Waals surface area contributed by atoms with E-state index in [2.05, 4.69) is 0 Å². The molecule has 3 fully saturated rings. The van der Waals surface area contributed by atoms with E-state index in [1.165, 1.54) is 31.2 Å². The molecule has 3 aromatic carbocycles. The first kappa shape index (κ1) is 41.1. The van der Waals surface area contributed by atoms with Gasteiger partial charge in [0.15, 0.2) is 11.6 Å². The highest BCUT2D eigenvalue weighted by molar-refractivity contribution is 5.89. The number of halogens is 1. The van der Waals surface area contributed by atoms with Gasteiger partial charge >= 0.3 is 17.9 Å². The molecule has 0 saturated carbocycles. The zero-order chi connectivity index (χ0) is 42.1. The van der Waals surface area contributed by atoms with Crippen LogP contribution in [0.25, 0.3) is 0 Å². The fourth-order valence-corrected chi connectivity index (χ4v) is 10.9. The number of carbonyl (C=O) groups excluding carboxylic acids is 2. The van der Waals surface area contributed by atoms with E-state index >= 15 is 4.79 Å². The molecule has 12 nitrogen and oxygen atoms in total. The Hall–Kier alpha value is -4.69. The van der Waals surface area contributed by atoms with Gasteiger partial charge < -0.3 is 38.8 Å². The van der Waals surface area contributed by atoms with Crippen LogP contribution < -0.4 is 0 Å². The highest BCUT2D eigenvalue weighted by atomic mass is 19.1. The third kappa shape index (κ3) is 7.34. The summed E-state index contributed by atoms with van der Waals surface area (Å²) in [4.78, 5) is 56.6. The van der Waals surface area contributed by atoms with Gasteiger partial charge in [-0.2, -0.15) is 0 Å². The van der Waals surface area contributed by atoms with Crippen LogP contribution in [-0.4, -0.2) is 74.3 Å². The topological polar surface area (TPSA) is 158 Å². The molecule has 6 unspecified atom stereocenters. The third-order valence-corrected chi connectivity index (χ3v) is 13.1. The van der Waals surface area contributed by atoms with Gasteiger partial charge in [-0.15, -0.1) is 0 Å². The second kappa shape index (κ2) is 15.1. The Bertz CT molecular complexity index is 2100. The Morgan fingerprint density at radius 2 is 1.29 bits per heavy atom. The molecule has 59 heavy (non-hydrogen) atoms. The van der Waals surface area contributed by atoms with Crippen molar-refractivity contribution in [2.24, 2.45) is 11.3 Å². The molecule has 10 rings (SSSR count). The zero-order valence-corrected chi connectivity index (χ0v) is 34.0. The van der Waals surface area contributed by atoms with E-state index in [0.29, 0.717) is 42.4 Å². The van der Waals surface area contributed by atoms with E-state index in [0.717, 1.165) is 11.1 Å². The fourth-order valence-electron chi connectivity index (χ4n) is 10.9. The number of hydrogen-bond donors (Lipinski definition) is 2. The zero-order valence-electron chi connectivity index (χ0n) is 34.0. The van der Waals surface area contributed by atoms with Gasteiger partial charge in [-0.3, -0.25) is 19.2 Å². The number of hydrogen-bond acceptors (Lipinski definition) is 9. The number of aliphatic carboxylic acids is 2. The number of fused-ring (bicyclic) bond motifs is 6. The number of benzene rings is 3. The molecule has 0 spiro atoms. The van der Waals surface area contributed by atoms with Crippen molar-refractivity contribution in [2.75, 3.05) is 0 Å². The average Bonchev–Trinajstić information content (AvgIpc) is 3.24. The third-order valence-electron chi connectivity index (χ3n) is 13.1. The number of nitrogens with zero attached hydrogens (tertiary/aromatic N) is 1. The van der Waals surface area contributed by atoms with Crippen molar-refractivity contribution in [3.05, 3.63) is 106 Å². The normalized spacial score (nSPS) is 32.0. The number of esters is 1. The van der Waals surface area contributed by atoms with Gasteiger partial charge in [0.2, 0.25) is 5.91 Å². The van der Waals surface area contributed by atoms with Crippen LogP contribution in [0.5, 0.6) is 0 Å². The summed E-state index contributed by atoms with van der Waals surface area (Å²) in [7, 11) is 0. The van der Waals surface area contributed by atoms with E-state index < -0.39 is 107 Å². The lowest BCUT2D eigenvalue weighted by molar-refractivity contribution is -0.387. The number of carboxylic acids is 2. The smallest absolute Gasteiger partial charge is 0.305 e. The van der Waals surface area contributed by atoms with E-state index in [1.54, 1.807) is 32.6 Å². The first-order valence-electron chi connectivity index (χ1n) is 20.5. The summed E-state index contributed by atoms with van der Waals surface area (Å²) in [5.74, 6) is -7.06. The van der Waals surface area contributed by atoms with Crippen LogP contribution >= 0.6 is 0 Å². The summed E-state index contributed by atoms with van der Waals surface area (Å²) in [6, 6.07) is 20.2. The van der Waals surface area contributed by atoms with Crippen LogP contribution in [0, 0.1) is 17.2 Å². The quantitative estimate of drug-likeness (QED) is 0.147. The number of likely N-dealkylation sites (tertiary alicyclic amines) is 1. The molecule has 3 aliphatic heterocycles. The van der Waals surface area contributed by atoms with Gasteiger partial charge in [-0.25, -0.2) is 4.39 Å². The number of rotatable bonds is 11. The predicted octanol–water partition coefficient (Wildman–Crippen LogP) is 7.39. The minimum Gasteiger partial charge on any atom is -0.481 e. The van der Waals surface area contributed by atoms with Crippen molar-refractivity contribution >= 4 is 23.8 Å². The lowest BCUT2D eigenvalue weighted by Gasteiger charge is -2.70. The molecule has 7 aliphatic rings. The van der Waals surface area contributed by atoms with Crippen molar-refractivity contribution in [3.63, 3.8) is 0 Å². The fraction of sp³-hybridized carbons (Fsp3) is 0.522. The van der Waals surface area contributed by atoms with E-state index in [4.69, 9.17) is 23.7 Å². The number of β-lactam (4-membered cyclic amide) rings is 1. The predicted molar refractivity (Wildman–Crippen MR) is 209 cm³/mol.